The molecule has 0 heterocycles. The van der Waals surface area contributed by atoms with E-state index in [2.05, 4.69) is 5.32 Å². The Kier molecular flexibility index (Phi) is 7.63. The first-order valence-electron chi connectivity index (χ1n) is 5.35. The van der Waals surface area contributed by atoms with Gasteiger partial charge in [-0.05, 0) is 12.1 Å². The molecule has 0 spiro atoms. The molecule has 0 aliphatic heterocycles. The minimum absolute atomic E-state index is 0. The van der Waals surface area contributed by atoms with Gasteiger partial charge in [0.15, 0.2) is 17.5 Å². The van der Waals surface area contributed by atoms with Crippen LogP contribution in [0.5, 0.6) is 0 Å². The molecule has 0 saturated carbocycles. The average molecular weight is 312 g/mol. The first-order chi connectivity index (χ1) is 8.95. The highest BCUT2D eigenvalue weighted by Gasteiger charge is 2.15. The molecule has 0 fully saturated rings. The van der Waals surface area contributed by atoms with Crippen molar-refractivity contribution in [3.8, 4) is 0 Å². The molecule has 0 radical (unpaired) electrons. The van der Waals surface area contributed by atoms with Crippen molar-refractivity contribution in [2.45, 2.75) is 6.42 Å². The van der Waals surface area contributed by atoms with E-state index in [1.807, 2.05) is 5.32 Å². The van der Waals surface area contributed by atoms with Crippen molar-refractivity contribution in [3.63, 3.8) is 0 Å². The maximum absolute atomic E-state index is 13.2. The number of carbonyl (C=O) groups is 2. The lowest BCUT2D eigenvalue weighted by molar-refractivity contribution is -0.124. The van der Waals surface area contributed by atoms with E-state index < -0.39 is 41.5 Å². The highest BCUT2D eigenvalue weighted by Crippen LogP contribution is 2.19. The lowest BCUT2D eigenvalue weighted by Gasteiger charge is -2.08. The number of rotatable bonds is 5. The molecule has 0 aromatic heterocycles. The molecule has 1 rings (SSSR count). The number of amides is 2. The molecule has 0 atom stereocenters. The van der Waals surface area contributed by atoms with Crippen LogP contribution in [0.3, 0.4) is 0 Å². The molecule has 2 amide bonds. The fourth-order valence-corrected chi connectivity index (χ4v) is 1.22. The standard InChI is InChI=1S/C11H12F3N3O2.ClH/c12-6-1-2-7(11(14)10(6)13)17-9(19)5-16-8(18)3-4-15;/h1-2H,3-5,15H2,(H,16,18)(H,17,19);1H. The van der Waals surface area contributed by atoms with Crippen LogP contribution in [0.15, 0.2) is 12.1 Å². The van der Waals surface area contributed by atoms with Gasteiger partial charge in [-0.2, -0.15) is 0 Å². The van der Waals surface area contributed by atoms with Crippen molar-refractivity contribution in [2.24, 2.45) is 5.73 Å². The summed E-state index contributed by atoms with van der Waals surface area (Å²) in [6.07, 6.45) is 0.0484. The van der Waals surface area contributed by atoms with Gasteiger partial charge < -0.3 is 16.4 Å². The van der Waals surface area contributed by atoms with Gasteiger partial charge in [0.05, 0.1) is 12.2 Å². The SMILES string of the molecule is Cl.NCCC(=O)NCC(=O)Nc1ccc(F)c(F)c1F. The topological polar surface area (TPSA) is 84.2 Å². The van der Waals surface area contributed by atoms with Crippen LogP contribution < -0.4 is 16.4 Å². The third kappa shape index (κ3) is 5.06. The Hall–Kier alpha value is -1.80. The van der Waals surface area contributed by atoms with Gasteiger partial charge in [-0.1, -0.05) is 0 Å². The van der Waals surface area contributed by atoms with Crippen LogP contribution in [0.2, 0.25) is 0 Å². The first kappa shape index (κ1) is 18.2. The molecule has 0 aliphatic rings. The average Bonchev–Trinajstić information content (AvgIpc) is 2.37. The van der Waals surface area contributed by atoms with Gasteiger partial charge in [0.25, 0.3) is 0 Å². The molecular formula is C11H13ClF3N3O2. The van der Waals surface area contributed by atoms with Crippen molar-refractivity contribution in [1.82, 2.24) is 5.32 Å². The zero-order chi connectivity index (χ0) is 14.4. The van der Waals surface area contributed by atoms with E-state index in [1.165, 1.54) is 0 Å². The molecule has 0 saturated heterocycles. The summed E-state index contributed by atoms with van der Waals surface area (Å²) >= 11 is 0. The second-order valence-electron chi connectivity index (χ2n) is 3.59. The number of anilines is 1. The Morgan fingerprint density at radius 1 is 1.10 bits per heavy atom. The van der Waals surface area contributed by atoms with Gasteiger partial charge in [0.1, 0.15) is 0 Å². The van der Waals surface area contributed by atoms with Gasteiger partial charge in [0.2, 0.25) is 11.8 Å². The molecule has 112 valence electrons. The van der Waals surface area contributed by atoms with Crippen LogP contribution in [0.25, 0.3) is 0 Å². The first-order valence-corrected chi connectivity index (χ1v) is 5.35. The molecule has 1 aromatic carbocycles. The second-order valence-corrected chi connectivity index (χ2v) is 3.59. The summed E-state index contributed by atoms with van der Waals surface area (Å²) in [5.41, 5.74) is 4.62. The van der Waals surface area contributed by atoms with E-state index >= 15 is 0 Å². The van der Waals surface area contributed by atoms with Gasteiger partial charge in [-0.3, -0.25) is 9.59 Å². The van der Waals surface area contributed by atoms with Crippen LogP contribution >= 0.6 is 12.4 Å². The van der Waals surface area contributed by atoms with Crippen molar-refractivity contribution in [2.75, 3.05) is 18.4 Å². The molecule has 0 unspecified atom stereocenters. The number of nitrogens with two attached hydrogens (primary N) is 1. The minimum atomic E-state index is -1.68. The quantitative estimate of drug-likeness (QED) is 0.707. The zero-order valence-corrected chi connectivity index (χ0v) is 11.0. The van der Waals surface area contributed by atoms with E-state index in [0.717, 1.165) is 6.07 Å². The Labute approximate surface area is 119 Å². The molecule has 4 N–H and O–H groups in total. The predicted octanol–water partition coefficient (Wildman–Crippen LogP) is 0.929. The lowest BCUT2D eigenvalue weighted by atomic mass is 10.2. The van der Waals surface area contributed by atoms with Crippen LogP contribution in [0.4, 0.5) is 18.9 Å². The monoisotopic (exact) mass is 311 g/mol. The summed E-state index contributed by atoms with van der Waals surface area (Å²) < 4.78 is 38.7. The number of hydrogen-bond donors (Lipinski definition) is 3. The van der Waals surface area contributed by atoms with E-state index in [0.29, 0.717) is 6.07 Å². The molecule has 1 aromatic rings. The minimum Gasteiger partial charge on any atom is -0.347 e. The fraction of sp³-hybridized carbons (Fsp3) is 0.273. The number of nitrogens with one attached hydrogen (secondary N) is 2. The molecule has 9 heteroatoms. The maximum atomic E-state index is 13.2. The largest absolute Gasteiger partial charge is 0.347 e. The van der Waals surface area contributed by atoms with Gasteiger partial charge in [-0.25, -0.2) is 13.2 Å². The summed E-state index contributed by atoms with van der Waals surface area (Å²) in [7, 11) is 0. The molecule has 20 heavy (non-hydrogen) atoms. The Balaban J connectivity index is 0.00000361. The highest BCUT2D eigenvalue weighted by atomic mass is 35.5. The summed E-state index contributed by atoms with van der Waals surface area (Å²) in [4.78, 5) is 22.3. The third-order valence-corrected chi connectivity index (χ3v) is 2.13. The van der Waals surface area contributed by atoms with Crippen molar-refractivity contribution in [3.05, 3.63) is 29.6 Å². The second kappa shape index (κ2) is 8.39. The highest BCUT2D eigenvalue weighted by molar-refractivity contribution is 5.94. The van der Waals surface area contributed by atoms with E-state index in [9.17, 15) is 22.8 Å². The smallest absolute Gasteiger partial charge is 0.243 e. The van der Waals surface area contributed by atoms with Gasteiger partial charge in [-0.15, -0.1) is 12.4 Å². The van der Waals surface area contributed by atoms with Crippen molar-refractivity contribution < 1.29 is 22.8 Å². The van der Waals surface area contributed by atoms with Gasteiger partial charge in [0, 0.05) is 13.0 Å². The number of benzene rings is 1. The number of hydrogen-bond acceptors (Lipinski definition) is 3. The third-order valence-electron chi connectivity index (χ3n) is 2.13. The fourth-order valence-electron chi connectivity index (χ4n) is 1.22. The number of carbonyl (C=O) groups excluding carboxylic acids is 2. The van der Waals surface area contributed by atoms with E-state index in [4.69, 9.17) is 5.73 Å². The normalized spacial score (nSPS) is 9.60. The summed E-state index contributed by atoms with van der Waals surface area (Å²) in [6.45, 7) is -0.289. The summed E-state index contributed by atoms with van der Waals surface area (Å²) in [5, 5.41) is 4.24. The van der Waals surface area contributed by atoms with Crippen molar-refractivity contribution >= 4 is 29.9 Å². The molecule has 5 nitrogen and oxygen atoms in total. The van der Waals surface area contributed by atoms with Crippen LogP contribution in [0.1, 0.15) is 6.42 Å². The van der Waals surface area contributed by atoms with Crippen molar-refractivity contribution in [1.29, 1.82) is 0 Å². The lowest BCUT2D eigenvalue weighted by Crippen LogP contribution is -2.34. The summed E-state index contributed by atoms with van der Waals surface area (Å²) in [5.74, 6) is -5.74. The predicted molar refractivity (Wildman–Crippen MR) is 68.9 cm³/mol. The molecule has 0 aliphatic carbocycles. The maximum Gasteiger partial charge on any atom is 0.243 e. The van der Waals surface area contributed by atoms with Gasteiger partial charge >= 0.3 is 0 Å². The Morgan fingerprint density at radius 2 is 1.75 bits per heavy atom. The summed E-state index contributed by atoms with van der Waals surface area (Å²) in [6, 6.07) is 1.56. The Morgan fingerprint density at radius 3 is 2.35 bits per heavy atom. The molecular weight excluding hydrogens is 299 g/mol. The van der Waals surface area contributed by atoms with E-state index in [1.54, 1.807) is 0 Å². The van der Waals surface area contributed by atoms with E-state index in [-0.39, 0.29) is 25.4 Å². The number of halogens is 4. The van der Waals surface area contributed by atoms with Crippen LogP contribution in [0, 0.1) is 17.5 Å². The zero-order valence-electron chi connectivity index (χ0n) is 10.2. The van der Waals surface area contributed by atoms with Crippen LogP contribution in [-0.2, 0) is 9.59 Å². The Bertz CT molecular complexity index is 500. The molecule has 0 bridgehead atoms. The van der Waals surface area contributed by atoms with Crippen LogP contribution in [-0.4, -0.2) is 24.9 Å².